The Balaban J connectivity index is 0. The third-order valence-corrected chi connectivity index (χ3v) is 2.88. The number of hydrogen-bond acceptors (Lipinski definition) is 3. The van der Waals surface area contributed by atoms with Gasteiger partial charge in [0.15, 0.2) is 0 Å². The third kappa shape index (κ3) is 12.9. The molecule has 0 aromatic carbocycles. The van der Waals surface area contributed by atoms with Gasteiger partial charge < -0.3 is 5.32 Å². The number of hydrogen-bond donors (Lipinski definition) is 3. The molecule has 0 heterocycles. The molecule has 0 fully saturated rings. The van der Waals surface area contributed by atoms with Crippen molar-refractivity contribution in [3.05, 3.63) is 0 Å². The zero-order valence-electron chi connectivity index (χ0n) is 10.4. The van der Waals surface area contributed by atoms with Crippen LogP contribution in [0.5, 0.6) is 0 Å². The first-order chi connectivity index (χ1) is 7.06. The first-order valence-corrected chi connectivity index (χ1v) is 6.79. The Hall–Kier alpha value is 0.793. The van der Waals surface area contributed by atoms with Gasteiger partial charge in [0, 0.05) is 17.7 Å². The van der Waals surface area contributed by atoms with E-state index in [-0.39, 0.29) is 31.4 Å². The summed E-state index contributed by atoms with van der Waals surface area (Å²) in [4.78, 5) is 11.3. The fraction of sp³-hybridized carbons (Fsp3) is 0.909. The number of rotatable bonds is 8. The molecule has 0 radical (unpaired) electrons. The Labute approximate surface area is 123 Å². The van der Waals surface area contributed by atoms with Crippen molar-refractivity contribution in [1.82, 2.24) is 5.32 Å². The normalized spacial score (nSPS) is 12.1. The zero-order valence-corrected chi connectivity index (χ0v) is 15.2. The summed E-state index contributed by atoms with van der Waals surface area (Å²) < 4.78 is 0. The van der Waals surface area contributed by atoms with Crippen LogP contribution in [0.1, 0.15) is 46.0 Å². The molecule has 0 saturated heterocycles. The van der Waals surface area contributed by atoms with Crippen LogP contribution in [-0.4, -0.2) is 23.0 Å². The van der Waals surface area contributed by atoms with Crippen LogP contribution in [0.15, 0.2) is 0 Å². The van der Waals surface area contributed by atoms with E-state index in [0.717, 1.165) is 31.4 Å². The predicted octanol–water partition coefficient (Wildman–Crippen LogP) is 2.69. The van der Waals surface area contributed by atoms with Gasteiger partial charge in [0.2, 0.25) is 5.91 Å². The monoisotopic (exact) mass is 313 g/mol. The van der Waals surface area contributed by atoms with Crippen molar-refractivity contribution in [3.63, 3.8) is 0 Å². The summed E-state index contributed by atoms with van der Waals surface area (Å²) >= 11 is 8.60. The van der Waals surface area contributed by atoms with Gasteiger partial charge in [-0.05, 0) is 38.9 Å². The number of thiol groups is 2. The second kappa shape index (κ2) is 12.3. The van der Waals surface area contributed by atoms with Crippen molar-refractivity contribution in [2.24, 2.45) is 0 Å². The average Bonchev–Trinajstić information content (AvgIpc) is 2.12. The average molecular weight is 315 g/mol. The summed E-state index contributed by atoms with van der Waals surface area (Å²) in [5.41, 5.74) is 0. The van der Waals surface area contributed by atoms with Crippen LogP contribution in [0.25, 0.3) is 0 Å². The van der Waals surface area contributed by atoms with Crippen molar-refractivity contribution in [2.75, 3.05) is 5.75 Å². The smallest absolute Gasteiger partial charge is 0.354 e. The molecule has 0 spiro atoms. The Bertz CT molecular complexity index is 179. The molecule has 1 N–H and O–H groups in total. The molecule has 0 aliphatic carbocycles. The largest absolute Gasteiger partial charge is 2.00 e. The molecule has 0 aromatic rings. The molecule has 0 aromatic heterocycles. The molecule has 0 rings (SSSR count). The van der Waals surface area contributed by atoms with Crippen LogP contribution in [0.4, 0.5) is 0 Å². The van der Waals surface area contributed by atoms with Gasteiger partial charge in [0.05, 0.1) is 0 Å². The Morgan fingerprint density at radius 1 is 1.25 bits per heavy atom. The van der Waals surface area contributed by atoms with Crippen LogP contribution in [0, 0.1) is 0 Å². The van der Waals surface area contributed by atoms with E-state index in [2.05, 4.69) is 30.6 Å². The van der Waals surface area contributed by atoms with Crippen molar-refractivity contribution >= 4 is 31.2 Å². The van der Waals surface area contributed by atoms with Crippen molar-refractivity contribution in [2.45, 2.75) is 57.2 Å². The van der Waals surface area contributed by atoms with E-state index in [1.807, 2.05) is 13.8 Å². The van der Waals surface area contributed by atoms with Gasteiger partial charge in [-0.15, -0.1) is 0 Å². The van der Waals surface area contributed by atoms with E-state index in [0.29, 0.717) is 11.7 Å². The summed E-state index contributed by atoms with van der Waals surface area (Å²) in [7, 11) is 0. The fourth-order valence-electron chi connectivity index (χ4n) is 1.35. The van der Waals surface area contributed by atoms with Crippen LogP contribution >= 0.6 is 25.3 Å². The molecular weight excluding hydrogens is 292 g/mol. The molecule has 0 aliphatic heterocycles. The van der Waals surface area contributed by atoms with Gasteiger partial charge >= 0.3 is 19.5 Å². The summed E-state index contributed by atoms with van der Waals surface area (Å²) in [5, 5.41) is 3.33. The number of carbonyl (C=O) groups is 1. The maximum absolute atomic E-state index is 11.3. The van der Waals surface area contributed by atoms with E-state index < -0.39 is 0 Å². The number of nitrogens with one attached hydrogen (secondary N) is 1. The van der Waals surface area contributed by atoms with Gasteiger partial charge in [-0.25, -0.2) is 0 Å². The number of carbonyl (C=O) groups excluding carboxylic acids is 1. The summed E-state index contributed by atoms with van der Waals surface area (Å²) in [5.74, 6) is 1.05. The van der Waals surface area contributed by atoms with Crippen LogP contribution in [0.2, 0.25) is 0 Å². The SMILES string of the molecule is CC(C)NC(=O)CCCCC(S)CCS.[Zn+2]. The van der Waals surface area contributed by atoms with Crippen molar-refractivity contribution in [3.8, 4) is 0 Å². The van der Waals surface area contributed by atoms with Crippen molar-refractivity contribution < 1.29 is 24.3 Å². The van der Waals surface area contributed by atoms with Crippen molar-refractivity contribution in [1.29, 1.82) is 0 Å². The molecule has 1 atom stereocenters. The number of amides is 1. The molecule has 0 bridgehead atoms. The minimum atomic E-state index is 0. The molecule has 16 heavy (non-hydrogen) atoms. The van der Waals surface area contributed by atoms with E-state index in [1.165, 1.54) is 0 Å². The topological polar surface area (TPSA) is 29.1 Å². The van der Waals surface area contributed by atoms with Gasteiger partial charge in [0.25, 0.3) is 0 Å². The summed E-state index contributed by atoms with van der Waals surface area (Å²) in [6.45, 7) is 3.96. The van der Waals surface area contributed by atoms with Gasteiger partial charge in [-0.3, -0.25) is 4.79 Å². The van der Waals surface area contributed by atoms with Gasteiger partial charge in [0.1, 0.15) is 0 Å². The molecule has 90 valence electrons. The quantitative estimate of drug-likeness (QED) is 0.359. The van der Waals surface area contributed by atoms with E-state index in [9.17, 15) is 4.79 Å². The van der Waals surface area contributed by atoms with E-state index >= 15 is 0 Å². The minimum Gasteiger partial charge on any atom is -0.354 e. The first kappa shape index (κ1) is 19.1. The van der Waals surface area contributed by atoms with Gasteiger partial charge in [-0.2, -0.15) is 25.3 Å². The predicted molar refractivity (Wildman–Crippen MR) is 73.0 cm³/mol. The Morgan fingerprint density at radius 2 is 1.88 bits per heavy atom. The van der Waals surface area contributed by atoms with E-state index in [4.69, 9.17) is 0 Å². The van der Waals surface area contributed by atoms with E-state index in [1.54, 1.807) is 0 Å². The van der Waals surface area contributed by atoms with Crippen LogP contribution in [-0.2, 0) is 24.3 Å². The summed E-state index contributed by atoms with van der Waals surface area (Å²) in [6.07, 6.45) is 4.80. The molecular formula is C11H23NOS2Zn+2. The maximum Gasteiger partial charge on any atom is 2.00 e. The first-order valence-electron chi connectivity index (χ1n) is 5.64. The second-order valence-corrected chi connectivity index (χ2v) is 5.31. The zero-order chi connectivity index (χ0) is 11.7. The molecule has 2 nitrogen and oxygen atoms in total. The van der Waals surface area contributed by atoms with Gasteiger partial charge in [-0.1, -0.05) is 6.42 Å². The molecule has 1 unspecified atom stereocenters. The van der Waals surface area contributed by atoms with Crippen LogP contribution in [0.3, 0.4) is 0 Å². The summed E-state index contributed by atoms with van der Waals surface area (Å²) in [6, 6.07) is 0.249. The maximum atomic E-state index is 11.3. The Kier molecular flexibility index (Phi) is 14.7. The fourth-order valence-corrected chi connectivity index (χ4v) is 2.18. The molecule has 1 amide bonds. The second-order valence-electron chi connectivity index (χ2n) is 4.13. The molecule has 0 saturated carbocycles. The minimum absolute atomic E-state index is 0. The molecule has 5 heteroatoms. The van der Waals surface area contributed by atoms with Crippen LogP contribution < -0.4 is 5.32 Å². The third-order valence-electron chi connectivity index (χ3n) is 2.10. The number of unbranched alkanes of at least 4 members (excludes halogenated alkanes) is 1. The standard InChI is InChI=1S/C11H23NOS2.Zn/c1-9(2)12-11(13)6-4-3-5-10(15)7-8-14;/h9-10,14-15H,3-8H2,1-2H3,(H,12,13);/q;+2. The Morgan fingerprint density at radius 3 is 2.38 bits per heavy atom. The molecule has 0 aliphatic rings.